The highest BCUT2D eigenvalue weighted by molar-refractivity contribution is 9.11. The van der Waals surface area contributed by atoms with Gasteiger partial charge in [0.25, 0.3) is 0 Å². The third-order valence-corrected chi connectivity index (χ3v) is 3.36. The van der Waals surface area contributed by atoms with Crippen LogP contribution in [0.5, 0.6) is 0 Å². The highest BCUT2D eigenvalue weighted by Gasteiger charge is 2.06. The molecule has 1 aromatic heterocycles. The molecule has 5 heteroatoms. The highest BCUT2D eigenvalue weighted by atomic mass is 79.9. The van der Waals surface area contributed by atoms with E-state index in [2.05, 4.69) is 37.0 Å². The molecule has 0 radical (unpaired) electrons. The van der Waals surface area contributed by atoms with E-state index in [0.29, 0.717) is 6.54 Å². The number of hydrogen-bond acceptors (Lipinski definition) is 1. The van der Waals surface area contributed by atoms with Crippen LogP contribution in [0, 0.1) is 12.7 Å². The monoisotopic (exact) mass is 346 g/mol. The van der Waals surface area contributed by atoms with Crippen molar-refractivity contribution in [3.63, 3.8) is 0 Å². The second-order valence-electron chi connectivity index (χ2n) is 3.52. The quantitative estimate of drug-likeness (QED) is 0.805. The van der Waals surface area contributed by atoms with Gasteiger partial charge in [0.05, 0.1) is 6.54 Å². The Bertz CT molecular complexity index is 523. The van der Waals surface area contributed by atoms with Crippen molar-refractivity contribution >= 4 is 31.9 Å². The molecule has 2 aromatic rings. The first-order valence-corrected chi connectivity index (χ1v) is 6.29. The van der Waals surface area contributed by atoms with E-state index in [9.17, 15) is 4.39 Å². The molecule has 84 valence electrons. The molecule has 0 saturated carbocycles. The second kappa shape index (κ2) is 4.67. The van der Waals surface area contributed by atoms with Crippen LogP contribution in [0.15, 0.2) is 33.5 Å². The van der Waals surface area contributed by atoms with Gasteiger partial charge in [-0.1, -0.05) is 6.07 Å². The fourth-order valence-corrected chi connectivity index (χ4v) is 2.58. The number of aromatic nitrogens is 2. The summed E-state index contributed by atoms with van der Waals surface area (Å²) < 4.78 is 16.5. The largest absolute Gasteiger partial charge is 0.253 e. The lowest BCUT2D eigenvalue weighted by atomic mass is 10.1. The average molecular weight is 348 g/mol. The van der Waals surface area contributed by atoms with Crippen LogP contribution in [0.2, 0.25) is 0 Å². The molecule has 0 aliphatic rings. The van der Waals surface area contributed by atoms with Gasteiger partial charge in [-0.05, 0) is 62.0 Å². The van der Waals surface area contributed by atoms with E-state index in [4.69, 9.17) is 0 Å². The number of halogens is 3. The van der Waals surface area contributed by atoms with E-state index in [1.165, 1.54) is 12.1 Å². The fourth-order valence-electron chi connectivity index (χ4n) is 1.45. The average Bonchev–Trinajstić information content (AvgIpc) is 2.51. The van der Waals surface area contributed by atoms with Gasteiger partial charge in [-0.25, -0.2) is 4.39 Å². The SMILES string of the molecule is Cc1ccc(F)cc1Cn1nc(Br)cc1Br. The van der Waals surface area contributed by atoms with Gasteiger partial charge in [0, 0.05) is 6.07 Å². The van der Waals surface area contributed by atoms with Crippen LogP contribution in [0.3, 0.4) is 0 Å². The van der Waals surface area contributed by atoms with Crippen LogP contribution in [0.1, 0.15) is 11.1 Å². The molecule has 0 amide bonds. The lowest BCUT2D eigenvalue weighted by molar-refractivity contribution is 0.615. The Morgan fingerprint density at radius 2 is 2.06 bits per heavy atom. The first kappa shape index (κ1) is 11.8. The van der Waals surface area contributed by atoms with Crippen molar-refractivity contribution in [3.05, 3.63) is 50.4 Å². The molecule has 0 spiro atoms. The first-order valence-electron chi connectivity index (χ1n) is 4.70. The fraction of sp³-hybridized carbons (Fsp3) is 0.182. The zero-order valence-electron chi connectivity index (χ0n) is 8.54. The molecule has 2 rings (SSSR count). The van der Waals surface area contributed by atoms with Crippen molar-refractivity contribution in [1.82, 2.24) is 9.78 Å². The van der Waals surface area contributed by atoms with Gasteiger partial charge in [0.1, 0.15) is 15.0 Å². The molecule has 0 bridgehead atoms. The van der Waals surface area contributed by atoms with E-state index in [1.54, 1.807) is 10.7 Å². The summed E-state index contributed by atoms with van der Waals surface area (Å²) >= 11 is 6.69. The smallest absolute Gasteiger partial charge is 0.129 e. The molecule has 0 atom stereocenters. The van der Waals surface area contributed by atoms with Crippen molar-refractivity contribution < 1.29 is 4.39 Å². The summed E-state index contributed by atoms with van der Waals surface area (Å²) in [6.45, 7) is 2.51. The topological polar surface area (TPSA) is 17.8 Å². The van der Waals surface area contributed by atoms with Gasteiger partial charge < -0.3 is 0 Å². The van der Waals surface area contributed by atoms with E-state index in [-0.39, 0.29) is 5.82 Å². The standard InChI is InChI=1S/C11H9Br2FN2/c1-7-2-3-9(14)4-8(7)6-16-11(13)5-10(12)15-16/h2-5H,6H2,1H3. The van der Waals surface area contributed by atoms with Crippen molar-refractivity contribution in [1.29, 1.82) is 0 Å². The van der Waals surface area contributed by atoms with Crippen LogP contribution in [-0.4, -0.2) is 9.78 Å². The predicted octanol–water partition coefficient (Wildman–Crippen LogP) is 3.90. The molecule has 0 aliphatic carbocycles. The van der Waals surface area contributed by atoms with Crippen molar-refractivity contribution in [3.8, 4) is 0 Å². The molecule has 1 aromatic carbocycles. The highest BCUT2D eigenvalue weighted by Crippen LogP contribution is 2.19. The van der Waals surface area contributed by atoms with Gasteiger partial charge >= 0.3 is 0 Å². The van der Waals surface area contributed by atoms with E-state index in [1.807, 2.05) is 13.0 Å². The van der Waals surface area contributed by atoms with Crippen molar-refractivity contribution in [2.75, 3.05) is 0 Å². The number of hydrogen-bond donors (Lipinski definition) is 0. The Morgan fingerprint density at radius 3 is 2.69 bits per heavy atom. The van der Waals surface area contributed by atoms with Gasteiger partial charge in [0.15, 0.2) is 0 Å². The Balaban J connectivity index is 2.33. The van der Waals surface area contributed by atoms with E-state index < -0.39 is 0 Å². The van der Waals surface area contributed by atoms with E-state index >= 15 is 0 Å². The van der Waals surface area contributed by atoms with Gasteiger partial charge in [-0.15, -0.1) is 0 Å². The summed E-state index contributed by atoms with van der Waals surface area (Å²) in [5.41, 5.74) is 1.98. The predicted molar refractivity (Wildman–Crippen MR) is 67.9 cm³/mol. The minimum Gasteiger partial charge on any atom is -0.253 e. The van der Waals surface area contributed by atoms with Crippen LogP contribution in [0.4, 0.5) is 4.39 Å². The Hall–Kier alpha value is -0.680. The molecule has 1 heterocycles. The van der Waals surface area contributed by atoms with Gasteiger partial charge in [0.2, 0.25) is 0 Å². The number of benzene rings is 1. The summed E-state index contributed by atoms with van der Waals surface area (Å²) in [5.74, 6) is -0.219. The maximum atomic E-state index is 13.1. The van der Waals surface area contributed by atoms with Crippen LogP contribution in [0.25, 0.3) is 0 Å². The lowest BCUT2D eigenvalue weighted by Crippen LogP contribution is -2.04. The Kier molecular flexibility index (Phi) is 3.44. The molecule has 0 N–H and O–H groups in total. The molecule has 0 unspecified atom stereocenters. The minimum atomic E-state index is -0.219. The first-order chi connectivity index (χ1) is 7.56. The third kappa shape index (κ3) is 2.52. The maximum absolute atomic E-state index is 13.1. The van der Waals surface area contributed by atoms with Gasteiger partial charge in [-0.2, -0.15) is 5.10 Å². The molecule has 2 nitrogen and oxygen atoms in total. The second-order valence-corrected chi connectivity index (χ2v) is 5.14. The lowest BCUT2D eigenvalue weighted by Gasteiger charge is -2.07. The molecule has 0 fully saturated rings. The molecular weight excluding hydrogens is 339 g/mol. The maximum Gasteiger partial charge on any atom is 0.129 e. The van der Waals surface area contributed by atoms with Gasteiger partial charge in [-0.3, -0.25) is 4.68 Å². The van der Waals surface area contributed by atoms with Crippen LogP contribution in [-0.2, 0) is 6.54 Å². The number of rotatable bonds is 2. The summed E-state index contributed by atoms with van der Waals surface area (Å²) in [5, 5.41) is 4.24. The van der Waals surface area contributed by atoms with Crippen LogP contribution < -0.4 is 0 Å². The molecule has 16 heavy (non-hydrogen) atoms. The van der Waals surface area contributed by atoms with Crippen molar-refractivity contribution in [2.45, 2.75) is 13.5 Å². The number of nitrogens with zero attached hydrogens (tertiary/aromatic N) is 2. The zero-order valence-corrected chi connectivity index (χ0v) is 11.7. The zero-order chi connectivity index (χ0) is 11.7. The summed E-state index contributed by atoms with van der Waals surface area (Å²) in [6.07, 6.45) is 0. The summed E-state index contributed by atoms with van der Waals surface area (Å²) in [7, 11) is 0. The summed E-state index contributed by atoms with van der Waals surface area (Å²) in [4.78, 5) is 0. The summed E-state index contributed by atoms with van der Waals surface area (Å²) in [6, 6.07) is 6.63. The number of aryl methyl sites for hydroxylation is 1. The molecule has 0 saturated heterocycles. The Morgan fingerprint density at radius 1 is 1.31 bits per heavy atom. The molecule has 0 aliphatic heterocycles. The third-order valence-electron chi connectivity index (χ3n) is 2.33. The minimum absolute atomic E-state index is 0.219. The van der Waals surface area contributed by atoms with Crippen molar-refractivity contribution in [2.24, 2.45) is 0 Å². The van der Waals surface area contributed by atoms with E-state index in [0.717, 1.165) is 20.3 Å². The van der Waals surface area contributed by atoms with Crippen LogP contribution >= 0.6 is 31.9 Å². The normalized spacial score (nSPS) is 10.8. The Labute approximate surface area is 110 Å². The molecular formula is C11H9Br2FN2.